The van der Waals surface area contributed by atoms with Crippen LogP contribution in [0, 0.1) is 5.82 Å². The number of rotatable bonds is 4. The van der Waals surface area contributed by atoms with E-state index in [1.807, 2.05) is 13.8 Å². The maximum absolute atomic E-state index is 12.9. The van der Waals surface area contributed by atoms with Gasteiger partial charge in [0.25, 0.3) is 5.91 Å². The van der Waals surface area contributed by atoms with Gasteiger partial charge in [0.05, 0.1) is 5.56 Å². The van der Waals surface area contributed by atoms with E-state index in [1.165, 1.54) is 6.07 Å². The van der Waals surface area contributed by atoms with Crippen LogP contribution in [0.4, 0.5) is 10.1 Å². The summed E-state index contributed by atoms with van der Waals surface area (Å²) in [6, 6.07) is 2.78. The highest BCUT2D eigenvalue weighted by molar-refractivity contribution is 6.01. The van der Waals surface area contributed by atoms with Gasteiger partial charge >= 0.3 is 0 Å². The Bertz CT molecular complexity index is 489. The molecule has 1 rings (SSSR count). The number of halogens is 1. The molecule has 104 valence electrons. The van der Waals surface area contributed by atoms with E-state index in [0.29, 0.717) is 0 Å². The van der Waals surface area contributed by atoms with Crippen molar-refractivity contribution in [2.24, 2.45) is 0 Å². The molecule has 1 unspecified atom stereocenters. The van der Waals surface area contributed by atoms with E-state index in [-0.39, 0.29) is 23.2 Å². The van der Waals surface area contributed by atoms with Crippen LogP contribution in [-0.4, -0.2) is 23.9 Å². The van der Waals surface area contributed by atoms with Crippen molar-refractivity contribution in [2.45, 2.75) is 32.9 Å². The molecule has 0 bridgehead atoms. The van der Waals surface area contributed by atoms with Crippen molar-refractivity contribution in [1.29, 1.82) is 0 Å². The van der Waals surface area contributed by atoms with Crippen molar-refractivity contribution in [1.82, 2.24) is 10.6 Å². The van der Waals surface area contributed by atoms with Crippen molar-refractivity contribution >= 4 is 17.5 Å². The highest BCUT2D eigenvalue weighted by Gasteiger charge is 2.18. The second kappa shape index (κ2) is 6.17. The lowest BCUT2D eigenvalue weighted by Gasteiger charge is -2.16. The van der Waals surface area contributed by atoms with Crippen molar-refractivity contribution in [2.75, 3.05) is 5.73 Å². The first kappa shape index (κ1) is 14.9. The molecular formula is C13H18FN3O2. The predicted octanol–water partition coefficient (Wildman–Crippen LogP) is 1.05. The summed E-state index contributed by atoms with van der Waals surface area (Å²) < 4.78 is 12.9. The number of amides is 2. The summed E-state index contributed by atoms with van der Waals surface area (Å²) in [6.45, 7) is 5.21. The minimum Gasteiger partial charge on any atom is -0.398 e. The highest BCUT2D eigenvalue weighted by Crippen LogP contribution is 2.13. The third-order valence-electron chi connectivity index (χ3n) is 2.43. The molecule has 4 N–H and O–H groups in total. The Balaban J connectivity index is 2.71. The molecule has 0 saturated carbocycles. The molecule has 5 nitrogen and oxygen atoms in total. The van der Waals surface area contributed by atoms with E-state index < -0.39 is 17.8 Å². The van der Waals surface area contributed by atoms with E-state index in [0.717, 1.165) is 12.1 Å². The summed E-state index contributed by atoms with van der Waals surface area (Å²) in [4.78, 5) is 23.5. The van der Waals surface area contributed by atoms with Crippen molar-refractivity contribution in [3.8, 4) is 0 Å². The van der Waals surface area contributed by atoms with Crippen molar-refractivity contribution in [3.05, 3.63) is 29.6 Å². The fourth-order valence-corrected chi connectivity index (χ4v) is 1.49. The number of carbonyl (C=O) groups excluding carboxylic acids is 2. The number of nitrogen functional groups attached to an aromatic ring is 1. The van der Waals surface area contributed by atoms with Crippen LogP contribution in [0.15, 0.2) is 18.2 Å². The van der Waals surface area contributed by atoms with Crippen LogP contribution in [0.2, 0.25) is 0 Å². The normalized spacial score (nSPS) is 12.1. The Morgan fingerprint density at radius 1 is 1.21 bits per heavy atom. The van der Waals surface area contributed by atoms with Crippen LogP contribution in [0.25, 0.3) is 0 Å². The summed E-state index contributed by atoms with van der Waals surface area (Å²) in [7, 11) is 0. The number of benzene rings is 1. The number of nitrogens with two attached hydrogens (primary N) is 1. The zero-order valence-electron chi connectivity index (χ0n) is 11.2. The van der Waals surface area contributed by atoms with E-state index in [2.05, 4.69) is 10.6 Å². The summed E-state index contributed by atoms with van der Waals surface area (Å²) in [5, 5.41) is 5.19. The van der Waals surface area contributed by atoms with Crippen LogP contribution in [-0.2, 0) is 4.79 Å². The second-order valence-corrected chi connectivity index (χ2v) is 4.59. The molecule has 0 saturated heterocycles. The Morgan fingerprint density at radius 2 is 1.84 bits per heavy atom. The summed E-state index contributed by atoms with van der Waals surface area (Å²) in [5.41, 5.74) is 5.73. The molecule has 0 aliphatic rings. The molecule has 0 fully saturated rings. The van der Waals surface area contributed by atoms with Crippen molar-refractivity contribution in [3.63, 3.8) is 0 Å². The van der Waals surface area contributed by atoms with Gasteiger partial charge in [-0.15, -0.1) is 0 Å². The minimum absolute atomic E-state index is 0.0113. The largest absolute Gasteiger partial charge is 0.398 e. The van der Waals surface area contributed by atoms with E-state index in [4.69, 9.17) is 5.73 Å². The third kappa shape index (κ3) is 4.24. The van der Waals surface area contributed by atoms with Gasteiger partial charge in [0.1, 0.15) is 11.9 Å². The fourth-order valence-electron chi connectivity index (χ4n) is 1.49. The average Bonchev–Trinajstić information content (AvgIpc) is 2.27. The molecule has 1 aromatic carbocycles. The minimum atomic E-state index is -0.695. The summed E-state index contributed by atoms with van der Waals surface area (Å²) in [6.07, 6.45) is 0. The summed E-state index contributed by atoms with van der Waals surface area (Å²) >= 11 is 0. The molecule has 0 radical (unpaired) electrons. The topological polar surface area (TPSA) is 84.2 Å². The number of anilines is 1. The maximum atomic E-state index is 12.9. The molecule has 6 heteroatoms. The first-order valence-electron chi connectivity index (χ1n) is 5.97. The van der Waals surface area contributed by atoms with Crippen LogP contribution in [0.3, 0.4) is 0 Å². The van der Waals surface area contributed by atoms with Gasteiger partial charge in [0, 0.05) is 11.7 Å². The number of nitrogens with one attached hydrogen (secondary N) is 2. The molecule has 0 aliphatic heterocycles. The molecule has 19 heavy (non-hydrogen) atoms. The number of carbonyl (C=O) groups is 2. The number of hydrogen-bond acceptors (Lipinski definition) is 3. The van der Waals surface area contributed by atoms with Gasteiger partial charge in [-0.25, -0.2) is 4.39 Å². The molecule has 0 aliphatic carbocycles. The van der Waals surface area contributed by atoms with Crippen LogP contribution in [0.5, 0.6) is 0 Å². The smallest absolute Gasteiger partial charge is 0.254 e. The fraction of sp³-hybridized carbons (Fsp3) is 0.385. The third-order valence-corrected chi connectivity index (χ3v) is 2.43. The predicted molar refractivity (Wildman–Crippen MR) is 71.0 cm³/mol. The lowest BCUT2D eigenvalue weighted by Crippen LogP contribution is -2.46. The van der Waals surface area contributed by atoms with E-state index in [9.17, 15) is 14.0 Å². The first-order chi connectivity index (χ1) is 8.81. The molecule has 0 heterocycles. The Morgan fingerprint density at radius 3 is 2.37 bits per heavy atom. The van der Waals surface area contributed by atoms with Crippen LogP contribution >= 0.6 is 0 Å². The standard InChI is InChI=1S/C13H18FN3O2/c1-7(2)16-12(18)8(3)17-13(19)10-5-4-9(14)6-11(10)15/h4-8H,15H2,1-3H3,(H,16,18)(H,17,19). The average molecular weight is 267 g/mol. The van der Waals surface area contributed by atoms with Gasteiger partial charge < -0.3 is 16.4 Å². The van der Waals surface area contributed by atoms with Gasteiger partial charge in [-0.2, -0.15) is 0 Å². The monoisotopic (exact) mass is 267 g/mol. The quantitative estimate of drug-likeness (QED) is 0.713. The van der Waals surface area contributed by atoms with E-state index >= 15 is 0 Å². The maximum Gasteiger partial charge on any atom is 0.254 e. The van der Waals surface area contributed by atoms with Crippen LogP contribution < -0.4 is 16.4 Å². The van der Waals surface area contributed by atoms with Gasteiger partial charge in [0.2, 0.25) is 5.91 Å². The van der Waals surface area contributed by atoms with Crippen LogP contribution in [0.1, 0.15) is 31.1 Å². The lowest BCUT2D eigenvalue weighted by molar-refractivity contribution is -0.123. The molecule has 1 atom stereocenters. The second-order valence-electron chi connectivity index (χ2n) is 4.59. The SMILES string of the molecule is CC(C)NC(=O)C(C)NC(=O)c1ccc(F)cc1N. The molecule has 0 spiro atoms. The molecule has 0 aromatic heterocycles. The van der Waals surface area contributed by atoms with Gasteiger partial charge in [-0.1, -0.05) is 0 Å². The van der Waals surface area contributed by atoms with Gasteiger partial charge in [0.15, 0.2) is 0 Å². The lowest BCUT2D eigenvalue weighted by atomic mass is 10.1. The number of hydrogen-bond donors (Lipinski definition) is 3. The first-order valence-corrected chi connectivity index (χ1v) is 5.97. The van der Waals surface area contributed by atoms with Crippen molar-refractivity contribution < 1.29 is 14.0 Å². The molecule has 1 aromatic rings. The van der Waals surface area contributed by atoms with Gasteiger partial charge in [-0.05, 0) is 39.0 Å². The zero-order chi connectivity index (χ0) is 14.6. The Hall–Kier alpha value is -2.11. The molecular weight excluding hydrogens is 249 g/mol. The Kier molecular flexibility index (Phi) is 4.86. The Labute approximate surface area is 111 Å². The molecule has 2 amide bonds. The summed E-state index contributed by atoms with van der Waals surface area (Å²) in [5.74, 6) is -1.31. The highest BCUT2D eigenvalue weighted by atomic mass is 19.1. The van der Waals surface area contributed by atoms with E-state index in [1.54, 1.807) is 6.92 Å². The van der Waals surface area contributed by atoms with Gasteiger partial charge in [-0.3, -0.25) is 9.59 Å². The zero-order valence-corrected chi connectivity index (χ0v) is 11.2.